The van der Waals surface area contributed by atoms with Crippen LogP contribution in [-0.2, 0) is 15.1 Å². The molecule has 0 unspecified atom stereocenters. The van der Waals surface area contributed by atoms with E-state index in [0.717, 1.165) is 10.5 Å². The van der Waals surface area contributed by atoms with E-state index < -0.39 is 23.4 Å². The number of urea groups is 1. The van der Waals surface area contributed by atoms with Crippen LogP contribution in [0.15, 0.2) is 48.5 Å². The maximum Gasteiger partial charge on any atom is 0.325 e. The number of para-hydroxylation sites is 1. The largest absolute Gasteiger partial charge is 0.325 e. The lowest BCUT2D eigenvalue weighted by atomic mass is 9.92. The molecule has 2 aromatic carbocycles. The van der Waals surface area contributed by atoms with E-state index in [1.165, 1.54) is 0 Å². The lowest BCUT2D eigenvalue weighted by molar-refractivity contribution is -0.133. The molecule has 0 saturated carbocycles. The minimum Gasteiger partial charge on any atom is -0.324 e. The molecule has 134 valence electrons. The number of benzene rings is 2. The molecule has 0 bridgehead atoms. The topological polar surface area (TPSA) is 78.5 Å². The molecule has 0 aromatic heterocycles. The van der Waals surface area contributed by atoms with Crippen molar-refractivity contribution < 1.29 is 14.4 Å². The van der Waals surface area contributed by atoms with Crippen LogP contribution in [-0.4, -0.2) is 29.3 Å². The molecule has 2 N–H and O–H groups in total. The number of nitrogens with one attached hydrogen (secondary N) is 2. The molecule has 1 heterocycles. The van der Waals surface area contributed by atoms with Crippen LogP contribution in [0.3, 0.4) is 0 Å². The number of hydrogen-bond acceptors (Lipinski definition) is 3. The van der Waals surface area contributed by atoms with Gasteiger partial charge in [0.15, 0.2) is 0 Å². The van der Waals surface area contributed by atoms with Crippen LogP contribution in [0.1, 0.15) is 18.1 Å². The maximum atomic E-state index is 12.8. The third-order valence-corrected chi connectivity index (χ3v) is 4.67. The Hall–Kier alpha value is -2.86. The summed E-state index contributed by atoms with van der Waals surface area (Å²) in [6.45, 7) is 3.11. The molecule has 6 nitrogen and oxygen atoms in total. The van der Waals surface area contributed by atoms with Crippen molar-refractivity contribution in [2.24, 2.45) is 0 Å². The summed E-state index contributed by atoms with van der Waals surface area (Å²) in [5.41, 5.74) is 0.904. The van der Waals surface area contributed by atoms with Gasteiger partial charge in [-0.05, 0) is 43.2 Å². The van der Waals surface area contributed by atoms with Crippen molar-refractivity contribution in [3.05, 3.63) is 64.7 Å². The van der Waals surface area contributed by atoms with E-state index >= 15 is 0 Å². The van der Waals surface area contributed by atoms with Crippen LogP contribution in [0.25, 0.3) is 0 Å². The molecule has 0 spiro atoms. The number of amides is 4. The number of carbonyl (C=O) groups is 3. The zero-order valence-corrected chi connectivity index (χ0v) is 15.1. The van der Waals surface area contributed by atoms with Gasteiger partial charge in [-0.15, -0.1) is 0 Å². The summed E-state index contributed by atoms with van der Waals surface area (Å²) in [6, 6.07) is 13.3. The second kappa shape index (κ2) is 6.80. The van der Waals surface area contributed by atoms with Crippen LogP contribution in [0, 0.1) is 6.92 Å². The van der Waals surface area contributed by atoms with E-state index in [9.17, 15) is 14.4 Å². The first-order valence-corrected chi connectivity index (χ1v) is 8.45. The highest BCUT2D eigenvalue weighted by Gasteiger charge is 2.49. The number of imide groups is 1. The quantitative estimate of drug-likeness (QED) is 0.811. The monoisotopic (exact) mass is 371 g/mol. The first-order valence-electron chi connectivity index (χ1n) is 8.07. The van der Waals surface area contributed by atoms with Crippen molar-refractivity contribution in [3.63, 3.8) is 0 Å². The Morgan fingerprint density at radius 1 is 1.15 bits per heavy atom. The molecule has 1 atom stereocenters. The summed E-state index contributed by atoms with van der Waals surface area (Å²) in [5.74, 6) is -0.923. The average molecular weight is 372 g/mol. The third kappa shape index (κ3) is 3.28. The summed E-state index contributed by atoms with van der Waals surface area (Å²) in [5, 5.41) is 5.91. The predicted octanol–water partition coefficient (Wildman–Crippen LogP) is 3.05. The van der Waals surface area contributed by atoms with Gasteiger partial charge < -0.3 is 10.6 Å². The highest BCUT2D eigenvalue weighted by molar-refractivity contribution is 6.30. The van der Waals surface area contributed by atoms with Crippen LogP contribution in [0.5, 0.6) is 0 Å². The van der Waals surface area contributed by atoms with E-state index in [1.807, 2.05) is 19.1 Å². The molecule has 1 aliphatic heterocycles. The van der Waals surface area contributed by atoms with Gasteiger partial charge in [0.2, 0.25) is 5.91 Å². The smallest absolute Gasteiger partial charge is 0.324 e. The lowest BCUT2D eigenvalue weighted by Crippen LogP contribution is -2.42. The first kappa shape index (κ1) is 17.9. The van der Waals surface area contributed by atoms with Gasteiger partial charge in [-0.2, -0.15) is 0 Å². The lowest BCUT2D eigenvalue weighted by Gasteiger charge is -2.22. The second-order valence-corrected chi connectivity index (χ2v) is 6.75. The predicted molar refractivity (Wildman–Crippen MR) is 98.9 cm³/mol. The Kier molecular flexibility index (Phi) is 4.70. The molecule has 3 rings (SSSR count). The Morgan fingerprint density at radius 3 is 2.46 bits per heavy atom. The zero-order valence-electron chi connectivity index (χ0n) is 14.4. The van der Waals surface area contributed by atoms with E-state index in [1.54, 1.807) is 43.3 Å². The van der Waals surface area contributed by atoms with E-state index in [2.05, 4.69) is 10.6 Å². The standard InChI is InChI=1S/C19H18ClN3O3/c1-12-5-3-4-6-15(12)21-16(24)11-23-17(25)19(2,22-18(23)26)13-7-9-14(20)10-8-13/h3-10H,11H2,1-2H3,(H,21,24)(H,22,26)/t19-/m0/s1. The fourth-order valence-electron chi connectivity index (χ4n) is 2.87. The average Bonchev–Trinajstić information content (AvgIpc) is 2.82. The highest BCUT2D eigenvalue weighted by atomic mass is 35.5. The number of carbonyl (C=O) groups excluding carboxylic acids is 3. The Bertz CT molecular complexity index is 882. The van der Waals surface area contributed by atoms with Crippen LogP contribution < -0.4 is 10.6 Å². The Morgan fingerprint density at radius 2 is 1.81 bits per heavy atom. The van der Waals surface area contributed by atoms with Crippen molar-refractivity contribution in [2.75, 3.05) is 11.9 Å². The first-order chi connectivity index (χ1) is 12.3. The number of halogens is 1. The number of hydrogen-bond donors (Lipinski definition) is 2. The molecule has 7 heteroatoms. The van der Waals surface area contributed by atoms with Gasteiger partial charge >= 0.3 is 6.03 Å². The van der Waals surface area contributed by atoms with Crippen LogP contribution >= 0.6 is 11.6 Å². The van der Waals surface area contributed by atoms with Crippen molar-refractivity contribution >= 4 is 35.1 Å². The molecule has 0 radical (unpaired) electrons. The zero-order chi connectivity index (χ0) is 18.9. The van der Waals surface area contributed by atoms with Gasteiger partial charge in [0.1, 0.15) is 12.1 Å². The minimum absolute atomic E-state index is 0.359. The maximum absolute atomic E-state index is 12.8. The molecule has 4 amide bonds. The Balaban J connectivity index is 1.76. The molecule has 2 aromatic rings. The van der Waals surface area contributed by atoms with Crippen molar-refractivity contribution in [1.82, 2.24) is 10.2 Å². The number of anilines is 1. The van der Waals surface area contributed by atoms with Gasteiger partial charge in [-0.1, -0.05) is 41.9 Å². The minimum atomic E-state index is -1.23. The van der Waals surface area contributed by atoms with Crippen LogP contribution in [0.4, 0.5) is 10.5 Å². The molecular formula is C19H18ClN3O3. The van der Waals surface area contributed by atoms with Gasteiger partial charge in [-0.25, -0.2) is 4.79 Å². The summed E-state index contributed by atoms with van der Waals surface area (Å²) in [7, 11) is 0. The fourth-order valence-corrected chi connectivity index (χ4v) is 2.99. The number of rotatable bonds is 4. The molecule has 1 saturated heterocycles. The van der Waals surface area contributed by atoms with Gasteiger partial charge in [0.05, 0.1) is 0 Å². The number of aryl methyl sites for hydroxylation is 1. The molecule has 1 aliphatic rings. The highest BCUT2D eigenvalue weighted by Crippen LogP contribution is 2.29. The SMILES string of the molecule is Cc1ccccc1NC(=O)CN1C(=O)N[C@@](C)(c2ccc(Cl)cc2)C1=O. The van der Waals surface area contributed by atoms with E-state index in [4.69, 9.17) is 11.6 Å². The van der Waals surface area contributed by atoms with Crippen molar-refractivity contribution in [2.45, 2.75) is 19.4 Å². The summed E-state index contributed by atoms with van der Waals surface area (Å²) >= 11 is 5.88. The normalized spacial score (nSPS) is 19.4. The van der Waals surface area contributed by atoms with Gasteiger partial charge in [0.25, 0.3) is 5.91 Å². The summed E-state index contributed by atoms with van der Waals surface area (Å²) in [6.07, 6.45) is 0. The van der Waals surface area contributed by atoms with Gasteiger partial charge in [0, 0.05) is 10.7 Å². The second-order valence-electron chi connectivity index (χ2n) is 6.32. The fraction of sp³-hybridized carbons (Fsp3) is 0.211. The molecule has 1 fully saturated rings. The third-order valence-electron chi connectivity index (χ3n) is 4.42. The van der Waals surface area contributed by atoms with E-state index in [-0.39, 0.29) is 6.54 Å². The van der Waals surface area contributed by atoms with Gasteiger partial charge in [-0.3, -0.25) is 14.5 Å². The Labute approximate surface area is 156 Å². The molecule has 26 heavy (non-hydrogen) atoms. The molecular weight excluding hydrogens is 354 g/mol. The van der Waals surface area contributed by atoms with Crippen molar-refractivity contribution in [3.8, 4) is 0 Å². The summed E-state index contributed by atoms with van der Waals surface area (Å²) in [4.78, 5) is 38.3. The molecule has 0 aliphatic carbocycles. The van der Waals surface area contributed by atoms with Crippen LogP contribution in [0.2, 0.25) is 5.02 Å². The van der Waals surface area contributed by atoms with Crippen molar-refractivity contribution in [1.29, 1.82) is 0 Å². The summed E-state index contributed by atoms with van der Waals surface area (Å²) < 4.78 is 0. The number of nitrogens with zero attached hydrogens (tertiary/aromatic N) is 1. The van der Waals surface area contributed by atoms with E-state index in [0.29, 0.717) is 16.3 Å².